The molecular formula is C14H22FN3O2S. The minimum Gasteiger partial charge on any atom is -0.396 e. The van der Waals surface area contributed by atoms with Crippen LogP contribution < -0.4 is 5.73 Å². The van der Waals surface area contributed by atoms with E-state index in [1.807, 2.05) is 20.9 Å². The van der Waals surface area contributed by atoms with Crippen molar-refractivity contribution in [3.63, 3.8) is 0 Å². The lowest BCUT2D eigenvalue weighted by molar-refractivity contribution is 0.0801. The second-order valence-corrected chi connectivity index (χ2v) is 8.12. The summed E-state index contributed by atoms with van der Waals surface area (Å²) in [5.41, 5.74) is 5.51. The van der Waals surface area contributed by atoms with Crippen LogP contribution in [-0.4, -0.2) is 49.8 Å². The molecule has 0 saturated carbocycles. The summed E-state index contributed by atoms with van der Waals surface area (Å²) in [6.07, 6.45) is 0. The molecule has 2 N–H and O–H groups in total. The fourth-order valence-electron chi connectivity index (χ4n) is 2.49. The number of nitrogens with zero attached hydrogens (tertiary/aromatic N) is 2. The standard InChI is InChI=1S/C14H22FN3O2S/c1-10-7-11(15)12(16)8-13(10)21(19,20)18-6-5-17(4)14(2,3)9-18/h7-8H,5-6,9,16H2,1-4H3. The van der Waals surface area contributed by atoms with Gasteiger partial charge in [-0.2, -0.15) is 4.31 Å². The van der Waals surface area contributed by atoms with Crippen LogP contribution in [0.1, 0.15) is 19.4 Å². The zero-order valence-electron chi connectivity index (χ0n) is 12.9. The number of likely N-dealkylation sites (N-methyl/N-ethyl adjacent to an activating group) is 1. The minimum atomic E-state index is -3.67. The molecule has 0 bridgehead atoms. The number of anilines is 1. The molecule has 1 aliphatic rings. The van der Waals surface area contributed by atoms with Gasteiger partial charge in [0, 0.05) is 25.2 Å². The van der Waals surface area contributed by atoms with Crippen LogP contribution in [0.3, 0.4) is 0 Å². The van der Waals surface area contributed by atoms with Crippen molar-refractivity contribution >= 4 is 15.7 Å². The van der Waals surface area contributed by atoms with E-state index in [0.29, 0.717) is 25.2 Å². The molecule has 1 heterocycles. The summed E-state index contributed by atoms with van der Waals surface area (Å²) in [6.45, 7) is 7.04. The summed E-state index contributed by atoms with van der Waals surface area (Å²) in [6, 6.07) is 2.38. The predicted molar refractivity (Wildman–Crippen MR) is 81.0 cm³/mol. The zero-order chi connectivity index (χ0) is 16.0. The van der Waals surface area contributed by atoms with Crippen LogP contribution >= 0.6 is 0 Å². The van der Waals surface area contributed by atoms with Gasteiger partial charge in [-0.25, -0.2) is 12.8 Å². The van der Waals surface area contributed by atoms with E-state index >= 15 is 0 Å². The lowest BCUT2D eigenvalue weighted by atomic mass is 10.0. The number of nitrogen functional groups attached to an aromatic ring is 1. The van der Waals surface area contributed by atoms with Crippen molar-refractivity contribution < 1.29 is 12.8 Å². The van der Waals surface area contributed by atoms with Crippen molar-refractivity contribution in [3.8, 4) is 0 Å². The third-order valence-electron chi connectivity index (χ3n) is 4.19. The Kier molecular flexibility index (Phi) is 4.03. The highest BCUT2D eigenvalue weighted by Crippen LogP contribution is 2.28. The quantitative estimate of drug-likeness (QED) is 0.839. The molecule has 0 aliphatic carbocycles. The number of halogens is 1. The average molecular weight is 315 g/mol. The molecular weight excluding hydrogens is 293 g/mol. The Morgan fingerprint density at radius 1 is 1.29 bits per heavy atom. The number of piperazine rings is 1. The Bertz CT molecular complexity index is 658. The maximum absolute atomic E-state index is 13.4. The first-order chi connectivity index (χ1) is 9.55. The fraction of sp³-hybridized carbons (Fsp3) is 0.571. The molecule has 1 aromatic rings. The van der Waals surface area contributed by atoms with Gasteiger partial charge < -0.3 is 5.73 Å². The van der Waals surface area contributed by atoms with Gasteiger partial charge in [-0.3, -0.25) is 4.90 Å². The summed E-state index contributed by atoms with van der Waals surface area (Å²) in [5.74, 6) is -0.592. The third kappa shape index (κ3) is 2.90. The van der Waals surface area contributed by atoms with Gasteiger partial charge in [0.25, 0.3) is 0 Å². The van der Waals surface area contributed by atoms with E-state index in [2.05, 4.69) is 4.90 Å². The summed E-state index contributed by atoms with van der Waals surface area (Å²) in [7, 11) is -1.69. The highest BCUT2D eigenvalue weighted by Gasteiger charge is 2.37. The monoisotopic (exact) mass is 315 g/mol. The van der Waals surface area contributed by atoms with Gasteiger partial charge in [-0.05, 0) is 45.5 Å². The van der Waals surface area contributed by atoms with Crippen molar-refractivity contribution in [2.24, 2.45) is 0 Å². The maximum Gasteiger partial charge on any atom is 0.243 e. The number of aryl methyl sites for hydroxylation is 1. The Labute approximate surface area is 125 Å². The van der Waals surface area contributed by atoms with E-state index in [1.54, 1.807) is 6.92 Å². The first-order valence-corrected chi connectivity index (χ1v) is 8.27. The molecule has 2 rings (SSSR count). The Hall–Kier alpha value is -1.18. The van der Waals surface area contributed by atoms with Gasteiger partial charge in [0.1, 0.15) is 5.82 Å². The molecule has 1 fully saturated rings. The van der Waals surface area contributed by atoms with Crippen LogP contribution in [0.5, 0.6) is 0 Å². The molecule has 0 atom stereocenters. The van der Waals surface area contributed by atoms with Crippen LogP contribution in [-0.2, 0) is 10.0 Å². The SMILES string of the molecule is Cc1cc(F)c(N)cc1S(=O)(=O)N1CCN(C)C(C)(C)C1. The smallest absolute Gasteiger partial charge is 0.243 e. The van der Waals surface area contributed by atoms with Gasteiger partial charge in [0.15, 0.2) is 0 Å². The molecule has 5 nitrogen and oxygen atoms in total. The Balaban J connectivity index is 2.42. The Morgan fingerprint density at radius 2 is 1.90 bits per heavy atom. The minimum absolute atomic E-state index is 0.0850. The van der Waals surface area contributed by atoms with Gasteiger partial charge in [-0.1, -0.05) is 0 Å². The maximum atomic E-state index is 13.4. The third-order valence-corrected chi connectivity index (χ3v) is 6.18. The van der Waals surface area contributed by atoms with E-state index in [1.165, 1.54) is 16.4 Å². The fourth-order valence-corrected chi connectivity index (χ4v) is 4.31. The number of sulfonamides is 1. The number of rotatable bonds is 2. The second-order valence-electron chi connectivity index (χ2n) is 6.21. The van der Waals surface area contributed by atoms with Crippen LogP contribution in [0, 0.1) is 12.7 Å². The molecule has 1 aromatic carbocycles. The topological polar surface area (TPSA) is 66.6 Å². The highest BCUT2D eigenvalue weighted by molar-refractivity contribution is 7.89. The second kappa shape index (κ2) is 5.23. The normalized spacial score (nSPS) is 20.6. The van der Waals surface area contributed by atoms with Gasteiger partial charge in [-0.15, -0.1) is 0 Å². The van der Waals surface area contributed by atoms with Crippen LogP contribution in [0.25, 0.3) is 0 Å². The van der Waals surface area contributed by atoms with Crippen LogP contribution in [0.2, 0.25) is 0 Å². The summed E-state index contributed by atoms with van der Waals surface area (Å²) < 4.78 is 40.5. The molecule has 118 valence electrons. The zero-order valence-corrected chi connectivity index (χ0v) is 13.7. The molecule has 7 heteroatoms. The number of benzene rings is 1. The molecule has 1 aliphatic heterocycles. The average Bonchev–Trinajstić information content (AvgIpc) is 2.36. The largest absolute Gasteiger partial charge is 0.396 e. The molecule has 0 unspecified atom stereocenters. The molecule has 0 aromatic heterocycles. The van der Waals surface area contributed by atoms with Crippen LogP contribution in [0.4, 0.5) is 10.1 Å². The Morgan fingerprint density at radius 3 is 2.48 bits per heavy atom. The molecule has 0 amide bonds. The summed E-state index contributed by atoms with van der Waals surface area (Å²) in [4.78, 5) is 2.21. The van der Waals surface area contributed by atoms with E-state index in [4.69, 9.17) is 5.73 Å². The van der Waals surface area contributed by atoms with E-state index in [-0.39, 0.29) is 16.1 Å². The lowest BCUT2D eigenvalue weighted by Gasteiger charge is -2.44. The lowest BCUT2D eigenvalue weighted by Crippen LogP contribution is -2.58. The summed E-state index contributed by atoms with van der Waals surface area (Å²) in [5, 5.41) is 0. The number of hydrogen-bond acceptors (Lipinski definition) is 4. The van der Waals surface area contributed by atoms with E-state index in [0.717, 1.165) is 0 Å². The number of hydrogen-bond donors (Lipinski definition) is 1. The van der Waals surface area contributed by atoms with Crippen molar-refractivity contribution in [1.29, 1.82) is 0 Å². The number of nitrogens with two attached hydrogens (primary N) is 1. The van der Waals surface area contributed by atoms with E-state index in [9.17, 15) is 12.8 Å². The molecule has 1 saturated heterocycles. The first-order valence-electron chi connectivity index (χ1n) is 6.83. The molecule has 0 radical (unpaired) electrons. The molecule has 0 spiro atoms. The van der Waals surface area contributed by atoms with Crippen molar-refractivity contribution in [1.82, 2.24) is 9.21 Å². The van der Waals surface area contributed by atoms with E-state index < -0.39 is 15.8 Å². The summed E-state index contributed by atoms with van der Waals surface area (Å²) >= 11 is 0. The van der Waals surface area contributed by atoms with Gasteiger partial charge in [0.2, 0.25) is 10.0 Å². The van der Waals surface area contributed by atoms with Gasteiger partial charge in [0.05, 0.1) is 10.6 Å². The van der Waals surface area contributed by atoms with Crippen LogP contribution in [0.15, 0.2) is 17.0 Å². The van der Waals surface area contributed by atoms with Gasteiger partial charge >= 0.3 is 0 Å². The van der Waals surface area contributed by atoms with Crippen molar-refractivity contribution in [2.75, 3.05) is 32.4 Å². The van der Waals surface area contributed by atoms with Crippen molar-refractivity contribution in [3.05, 3.63) is 23.5 Å². The first kappa shape index (κ1) is 16.2. The van der Waals surface area contributed by atoms with Crippen molar-refractivity contribution in [2.45, 2.75) is 31.2 Å². The highest BCUT2D eigenvalue weighted by atomic mass is 32.2. The molecule has 21 heavy (non-hydrogen) atoms. The predicted octanol–water partition coefficient (Wildman–Crippen LogP) is 1.43.